The number of rotatable bonds is 8. The van der Waals surface area contributed by atoms with Gasteiger partial charge in [-0.25, -0.2) is 13.1 Å². The molecule has 1 saturated heterocycles. The van der Waals surface area contributed by atoms with Crippen molar-refractivity contribution in [2.45, 2.75) is 37.5 Å². The summed E-state index contributed by atoms with van der Waals surface area (Å²) < 4.78 is 31.9. The number of benzene rings is 2. The Hall–Kier alpha value is -2.09. The predicted octanol–water partition coefficient (Wildman–Crippen LogP) is 4.13. The summed E-state index contributed by atoms with van der Waals surface area (Å²) in [4.78, 5) is 14.8. The normalized spacial score (nSPS) is 15.1. The Morgan fingerprint density at radius 2 is 1.84 bits per heavy atom. The number of likely N-dealkylation sites (tertiary alicyclic amines) is 1. The molecule has 0 aromatic heterocycles. The number of piperidine rings is 1. The van der Waals surface area contributed by atoms with Gasteiger partial charge in [0.2, 0.25) is 10.0 Å². The van der Waals surface area contributed by atoms with E-state index in [0.29, 0.717) is 25.6 Å². The standard InChI is InChI=1S/C23H29ClN2O4S/c1-3-30-19-8-6-17(7-9-19)4-5-18-12-14-26(15-13-18)23(27)21-16-20(10-11-22(21)24)31(28,29)25-2/h6-11,16,18,25H,3-5,12-15H2,1-2H3. The molecule has 1 amide bonds. The van der Waals surface area contributed by atoms with Gasteiger partial charge in [0.25, 0.3) is 5.91 Å². The van der Waals surface area contributed by atoms with Gasteiger partial charge in [-0.05, 0) is 81.5 Å². The lowest BCUT2D eigenvalue weighted by atomic mass is 9.90. The third-order valence-electron chi connectivity index (χ3n) is 5.72. The minimum atomic E-state index is -3.64. The van der Waals surface area contributed by atoms with Gasteiger partial charge in [0.1, 0.15) is 5.75 Å². The second kappa shape index (κ2) is 10.5. The first kappa shape index (κ1) is 23.6. The van der Waals surface area contributed by atoms with Crippen molar-refractivity contribution in [1.82, 2.24) is 9.62 Å². The van der Waals surface area contributed by atoms with E-state index >= 15 is 0 Å². The Morgan fingerprint density at radius 1 is 1.16 bits per heavy atom. The minimum absolute atomic E-state index is 0.0352. The van der Waals surface area contributed by atoms with Crippen LogP contribution in [0.15, 0.2) is 47.4 Å². The molecule has 0 saturated carbocycles. The fraction of sp³-hybridized carbons (Fsp3) is 0.435. The van der Waals surface area contributed by atoms with Gasteiger partial charge in [-0.2, -0.15) is 0 Å². The number of aryl methyl sites for hydroxylation is 1. The molecule has 0 unspecified atom stereocenters. The molecule has 1 aliphatic rings. The number of halogens is 1. The van der Waals surface area contributed by atoms with Crippen molar-refractivity contribution in [2.24, 2.45) is 5.92 Å². The molecule has 2 aromatic carbocycles. The minimum Gasteiger partial charge on any atom is -0.494 e. The maximum absolute atomic E-state index is 13.0. The van der Waals surface area contributed by atoms with Gasteiger partial charge in [0.15, 0.2) is 0 Å². The Bertz CT molecular complexity index is 1000. The lowest BCUT2D eigenvalue weighted by Gasteiger charge is -2.32. The van der Waals surface area contributed by atoms with E-state index in [2.05, 4.69) is 16.9 Å². The van der Waals surface area contributed by atoms with Crippen molar-refractivity contribution in [3.8, 4) is 5.75 Å². The van der Waals surface area contributed by atoms with E-state index in [9.17, 15) is 13.2 Å². The molecular formula is C23H29ClN2O4S. The highest BCUT2D eigenvalue weighted by atomic mass is 35.5. The zero-order chi connectivity index (χ0) is 22.4. The predicted molar refractivity (Wildman–Crippen MR) is 122 cm³/mol. The molecule has 0 atom stereocenters. The molecule has 1 aliphatic heterocycles. The van der Waals surface area contributed by atoms with E-state index in [-0.39, 0.29) is 21.4 Å². The molecule has 1 fully saturated rings. The fourth-order valence-corrected chi connectivity index (χ4v) is 4.79. The van der Waals surface area contributed by atoms with Crippen LogP contribution in [0.4, 0.5) is 0 Å². The number of carbonyl (C=O) groups is 1. The molecule has 168 valence electrons. The summed E-state index contributed by atoms with van der Waals surface area (Å²) in [5, 5.41) is 0.262. The summed E-state index contributed by atoms with van der Waals surface area (Å²) in [6, 6.07) is 12.4. The van der Waals surface area contributed by atoms with E-state index in [1.807, 2.05) is 19.1 Å². The fourth-order valence-electron chi connectivity index (χ4n) is 3.84. The third-order valence-corrected chi connectivity index (χ3v) is 7.47. The molecule has 0 aliphatic carbocycles. The van der Waals surface area contributed by atoms with Crippen LogP contribution >= 0.6 is 11.6 Å². The molecule has 1 heterocycles. The van der Waals surface area contributed by atoms with Gasteiger partial charge in [-0.1, -0.05) is 23.7 Å². The van der Waals surface area contributed by atoms with E-state index in [0.717, 1.165) is 31.4 Å². The Labute approximate surface area is 189 Å². The number of nitrogens with zero attached hydrogens (tertiary/aromatic N) is 1. The van der Waals surface area contributed by atoms with Crippen LogP contribution in [0, 0.1) is 5.92 Å². The number of hydrogen-bond acceptors (Lipinski definition) is 4. The van der Waals surface area contributed by atoms with Gasteiger partial charge in [-0.15, -0.1) is 0 Å². The largest absolute Gasteiger partial charge is 0.494 e. The number of sulfonamides is 1. The van der Waals surface area contributed by atoms with Crippen molar-refractivity contribution in [1.29, 1.82) is 0 Å². The summed E-state index contributed by atoms with van der Waals surface area (Å²) >= 11 is 6.21. The maximum atomic E-state index is 13.0. The van der Waals surface area contributed by atoms with Crippen molar-refractivity contribution >= 4 is 27.5 Å². The summed E-state index contributed by atoms with van der Waals surface area (Å²) in [6.45, 7) is 3.93. The monoisotopic (exact) mass is 464 g/mol. The van der Waals surface area contributed by atoms with E-state index in [1.165, 1.54) is 30.8 Å². The van der Waals surface area contributed by atoms with Crippen LogP contribution in [0.3, 0.4) is 0 Å². The first-order chi connectivity index (χ1) is 14.8. The lowest BCUT2D eigenvalue weighted by Crippen LogP contribution is -2.38. The Balaban J connectivity index is 1.56. The molecule has 0 radical (unpaired) electrons. The van der Waals surface area contributed by atoms with Crippen LogP contribution in [0.2, 0.25) is 5.02 Å². The van der Waals surface area contributed by atoms with Gasteiger partial charge < -0.3 is 9.64 Å². The van der Waals surface area contributed by atoms with E-state index < -0.39 is 10.0 Å². The number of amides is 1. The summed E-state index contributed by atoms with van der Waals surface area (Å²) in [5.41, 5.74) is 1.52. The molecule has 6 nitrogen and oxygen atoms in total. The second-order valence-corrected chi connectivity index (χ2v) is 9.99. The molecule has 0 spiro atoms. The molecule has 2 aromatic rings. The summed E-state index contributed by atoms with van der Waals surface area (Å²) in [6.07, 6.45) is 3.93. The first-order valence-corrected chi connectivity index (χ1v) is 12.4. The number of ether oxygens (including phenoxy) is 1. The summed E-state index contributed by atoms with van der Waals surface area (Å²) in [5.74, 6) is 1.23. The molecule has 31 heavy (non-hydrogen) atoms. The van der Waals surface area contributed by atoms with Gasteiger partial charge in [-0.3, -0.25) is 4.79 Å². The number of nitrogens with one attached hydrogen (secondary N) is 1. The van der Waals surface area contributed by atoms with Gasteiger partial charge in [0, 0.05) is 13.1 Å². The highest BCUT2D eigenvalue weighted by Gasteiger charge is 2.26. The average molecular weight is 465 g/mol. The average Bonchev–Trinajstić information content (AvgIpc) is 2.79. The Morgan fingerprint density at radius 3 is 2.45 bits per heavy atom. The quantitative estimate of drug-likeness (QED) is 0.637. The first-order valence-electron chi connectivity index (χ1n) is 10.6. The molecular weight excluding hydrogens is 436 g/mol. The zero-order valence-corrected chi connectivity index (χ0v) is 19.5. The van der Waals surface area contributed by atoms with E-state index in [1.54, 1.807) is 4.90 Å². The van der Waals surface area contributed by atoms with Gasteiger partial charge in [0.05, 0.1) is 22.1 Å². The van der Waals surface area contributed by atoms with E-state index in [4.69, 9.17) is 16.3 Å². The number of carbonyl (C=O) groups excluding carboxylic acids is 1. The van der Waals surface area contributed by atoms with Crippen LogP contribution in [0.25, 0.3) is 0 Å². The molecule has 1 N–H and O–H groups in total. The smallest absolute Gasteiger partial charge is 0.255 e. The topological polar surface area (TPSA) is 75.7 Å². The third kappa shape index (κ3) is 5.99. The molecule has 3 rings (SSSR count). The van der Waals surface area contributed by atoms with Crippen molar-refractivity contribution in [2.75, 3.05) is 26.7 Å². The lowest BCUT2D eigenvalue weighted by molar-refractivity contribution is 0.0687. The van der Waals surface area contributed by atoms with Gasteiger partial charge >= 0.3 is 0 Å². The maximum Gasteiger partial charge on any atom is 0.255 e. The molecule has 8 heteroatoms. The highest BCUT2D eigenvalue weighted by molar-refractivity contribution is 7.89. The van der Waals surface area contributed by atoms with Crippen LogP contribution in [-0.4, -0.2) is 46.0 Å². The zero-order valence-electron chi connectivity index (χ0n) is 17.9. The second-order valence-electron chi connectivity index (χ2n) is 7.70. The SMILES string of the molecule is CCOc1ccc(CCC2CCN(C(=O)c3cc(S(=O)(=O)NC)ccc3Cl)CC2)cc1. The summed E-state index contributed by atoms with van der Waals surface area (Å²) in [7, 11) is -2.30. The van der Waals surface area contributed by atoms with Crippen LogP contribution in [0.5, 0.6) is 5.75 Å². The molecule has 0 bridgehead atoms. The van der Waals surface area contributed by atoms with Crippen molar-refractivity contribution in [3.05, 3.63) is 58.6 Å². The van der Waals surface area contributed by atoms with Crippen LogP contribution in [0.1, 0.15) is 42.1 Å². The Kier molecular flexibility index (Phi) is 7.97. The highest BCUT2D eigenvalue weighted by Crippen LogP contribution is 2.27. The van der Waals surface area contributed by atoms with Crippen LogP contribution in [-0.2, 0) is 16.4 Å². The van der Waals surface area contributed by atoms with Crippen molar-refractivity contribution in [3.63, 3.8) is 0 Å². The van der Waals surface area contributed by atoms with Crippen LogP contribution < -0.4 is 9.46 Å². The number of hydrogen-bond donors (Lipinski definition) is 1. The van der Waals surface area contributed by atoms with Crippen molar-refractivity contribution < 1.29 is 17.9 Å².